The number of sulfonamides is 1. The van der Waals surface area contributed by atoms with Crippen molar-refractivity contribution in [3.63, 3.8) is 0 Å². The second-order valence-corrected chi connectivity index (χ2v) is 8.67. The summed E-state index contributed by atoms with van der Waals surface area (Å²) in [7, 11) is -3.50. The second-order valence-electron chi connectivity index (χ2n) is 6.84. The third-order valence-electron chi connectivity index (χ3n) is 5.12. The molecule has 23 heavy (non-hydrogen) atoms. The highest BCUT2D eigenvalue weighted by Gasteiger charge is 2.42. The Morgan fingerprint density at radius 2 is 1.96 bits per heavy atom. The highest BCUT2D eigenvalue weighted by Crippen LogP contribution is 2.42. The smallest absolute Gasteiger partial charge is 0.249 e. The maximum absolute atomic E-state index is 13.4. The van der Waals surface area contributed by atoms with Crippen molar-refractivity contribution >= 4 is 15.7 Å². The van der Waals surface area contributed by atoms with Crippen LogP contribution in [0.1, 0.15) is 39.0 Å². The van der Waals surface area contributed by atoms with E-state index in [0.717, 1.165) is 44.3 Å². The van der Waals surface area contributed by atoms with Crippen molar-refractivity contribution < 1.29 is 13.2 Å². The fourth-order valence-corrected chi connectivity index (χ4v) is 5.81. The predicted octanol–water partition coefficient (Wildman–Crippen LogP) is 2.61. The van der Waals surface area contributed by atoms with Gasteiger partial charge in [-0.15, -0.1) is 0 Å². The average molecular weight is 336 g/mol. The zero-order chi connectivity index (χ0) is 16.0. The van der Waals surface area contributed by atoms with Gasteiger partial charge in [-0.2, -0.15) is 4.31 Å². The summed E-state index contributed by atoms with van der Waals surface area (Å²) in [6, 6.07) is 6.21. The van der Waals surface area contributed by atoms with E-state index in [0.29, 0.717) is 29.8 Å². The first-order valence-electron chi connectivity index (χ1n) is 8.63. The Bertz CT molecular complexity index is 700. The van der Waals surface area contributed by atoms with E-state index in [-0.39, 0.29) is 6.04 Å². The minimum Gasteiger partial charge on any atom is -0.492 e. The normalized spacial score (nSPS) is 27.9. The largest absolute Gasteiger partial charge is 0.492 e. The van der Waals surface area contributed by atoms with E-state index >= 15 is 0 Å². The fourth-order valence-electron chi connectivity index (χ4n) is 3.78. The van der Waals surface area contributed by atoms with Gasteiger partial charge in [0.25, 0.3) is 0 Å². The van der Waals surface area contributed by atoms with Crippen molar-refractivity contribution in [3.8, 4) is 5.75 Å². The van der Waals surface area contributed by atoms with E-state index in [1.54, 1.807) is 10.4 Å². The molecular formula is C17H24N2O3S. The van der Waals surface area contributed by atoms with Crippen LogP contribution in [-0.2, 0) is 10.0 Å². The predicted molar refractivity (Wildman–Crippen MR) is 89.5 cm³/mol. The molecule has 0 spiro atoms. The molecule has 0 bridgehead atoms. The number of anilines is 1. The monoisotopic (exact) mass is 336 g/mol. The van der Waals surface area contributed by atoms with Crippen molar-refractivity contribution in [3.05, 3.63) is 18.2 Å². The lowest BCUT2D eigenvalue weighted by atomic mass is 10.2. The summed E-state index contributed by atoms with van der Waals surface area (Å²) in [5.74, 6) is 0.520. The average Bonchev–Trinajstić information content (AvgIpc) is 3.25. The molecule has 1 aromatic carbocycles. The second kappa shape index (κ2) is 5.67. The highest BCUT2D eigenvalue weighted by atomic mass is 32.2. The van der Waals surface area contributed by atoms with E-state index in [1.165, 1.54) is 0 Å². The molecule has 3 aliphatic rings. The van der Waals surface area contributed by atoms with Crippen LogP contribution in [0.4, 0.5) is 5.69 Å². The van der Waals surface area contributed by atoms with Crippen LogP contribution >= 0.6 is 0 Å². The maximum atomic E-state index is 13.4. The number of hydrogen-bond acceptors (Lipinski definition) is 4. The third kappa shape index (κ3) is 2.62. The summed E-state index contributed by atoms with van der Waals surface area (Å²) in [6.07, 6.45) is 4.93. The van der Waals surface area contributed by atoms with Crippen molar-refractivity contribution in [1.29, 1.82) is 0 Å². The summed E-state index contributed by atoms with van der Waals surface area (Å²) in [4.78, 5) is 2.62. The number of nitrogens with zero attached hydrogens (tertiary/aromatic N) is 2. The first-order chi connectivity index (χ1) is 11.1. The van der Waals surface area contributed by atoms with Gasteiger partial charge in [-0.25, -0.2) is 8.42 Å². The molecule has 0 N–H and O–H groups in total. The van der Waals surface area contributed by atoms with Gasteiger partial charge in [-0.1, -0.05) is 6.07 Å². The van der Waals surface area contributed by atoms with E-state index in [4.69, 9.17) is 4.74 Å². The molecule has 2 aliphatic heterocycles. The van der Waals surface area contributed by atoms with Gasteiger partial charge in [0.1, 0.15) is 10.6 Å². The van der Waals surface area contributed by atoms with Crippen LogP contribution in [0.5, 0.6) is 5.75 Å². The molecule has 126 valence electrons. The van der Waals surface area contributed by atoms with Gasteiger partial charge in [0.05, 0.1) is 12.3 Å². The number of fused-ring (bicyclic) bond motifs is 1. The third-order valence-corrected chi connectivity index (χ3v) is 7.15. The maximum Gasteiger partial charge on any atom is 0.249 e. The van der Waals surface area contributed by atoms with Gasteiger partial charge >= 0.3 is 0 Å². The van der Waals surface area contributed by atoms with Gasteiger partial charge in [-0.3, -0.25) is 0 Å². The fraction of sp³-hybridized carbons (Fsp3) is 0.647. The van der Waals surface area contributed by atoms with E-state index in [2.05, 4.69) is 11.8 Å². The SMILES string of the molecule is C[C@H]1CCCN1c1cccc2c1S(=O)(=O)N(C1CC1)CCCO2. The van der Waals surface area contributed by atoms with Crippen LogP contribution in [-0.4, -0.2) is 44.5 Å². The molecule has 1 aromatic rings. The number of ether oxygens (including phenoxy) is 1. The Hall–Kier alpha value is -1.27. The molecule has 5 nitrogen and oxygen atoms in total. The standard InChI is InChI=1S/C17H24N2O3S/c1-13-5-3-10-18(13)15-6-2-7-16-17(15)23(20,21)19(14-8-9-14)11-4-12-22-16/h2,6-7,13-14H,3-5,8-12H2,1H3/t13-/m0/s1. The molecule has 2 heterocycles. The van der Waals surface area contributed by atoms with Crippen molar-refractivity contribution in [1.82, 2.24) is 4.31 Å². The molecule has 2 fully saturated rings. The molecule has 4 rings (SSSR count). The summed E-state index contributed by atoms with van der Waals surface area (Å²) in [6.45, 7) is 4.22. The molecule has 1 saturated carbocycles. The lowest BCUT2D eigenvalue weighted by molar-refractivity contribution is 0.269. The van der Waals surface area contributed by atoms with Crippen LogP contribution < -0.4 is 9.64 Å². The molecule has 1 saturated heterocycles. The van der Waals surface area contributed by atoms with Gasteiger partial charge < -0.3 is 9.64 Å². The van der Waals surface area contributed by atoms with Gasteiger partial charge in [0.2, 0.25) is 10.0 Å². The number of hydrogen-bond donors (Lipinski definition) is 0. The number of benzene rings is 1. The zero-order valence-electron chi connectivity index (χ0n) is 13.6. The zero-order valence-corrected chi connectivity index (χ0v) is 14.4. The Kier molecular flexibility index (Phi) is 3.76. The van der Waals surface area contributed by atoms with Crippen molar-refractivity contribution in [2.75, 3.05) is 24.6 Å². The van der Waals surface area contributed by atoms with Crippen LogP contribution in [0.3, 0.4) is 0 Å². The summed E-state index contributed by atoms with van der Waals surface area (Å²) < 4.78 is 34.3. The molecule has 1 atom stereocenters. The number of rotatable bonds is 2. The molecule has 6 heteroatoms. The minimum atomic E-state index is -3.50. The van der Waals surface area contributed by atoms with Crippen LogP contribution in [0.25, 0.3) is 0 Å². The van der Waals surface area contributed by atoms with E-state index in [9.17, 15) is 8.42 Å². The van der Waals surface area contributed by atoms with Crippen LogP contribution in [0.2, 0.25) is 0 Å². The molecular weight excluding hydrogens is 312 g/mol. The molecule has 0 unspecified atom stereocenters. The van der Waals surface area contributed by atoms with Gasteiger partial charge in [0.15, 0.2) is 0 Å². The van der Waals surface area contributed by atoms with Gasteiger partial charge in [-0.05, 0) is 51.2 Å². The Morgan fingerprint density at radius 1 is 1.13 bits per heavy atom. The first kappa shape index (κ1) is 15.3. The van der Waals surface area contributed by atoms with Gasteiger partial charge in [0, 0.05) is 25.2 Å². The van der Waals surface area contributed by atoms with E-state index < -0.39 is 10.0 Å². The van der Waals surface area contributed by atoms with Crippen molar-refractivity contribution in [2.24, 2.45) is 0 Å². The summed E-state index contributed by atoms with van der Waals surface area (Å²) >= 11 is 0. The Labute approximate surface area is 138 Å². The highest BCUT2D eigenvalue weighted by molar-refractivity contribution is 7.89. The topological polar surface area (TPSA) is 49.9 Å². The Balaban J connectivity index is 1.86. The minimum absolute atomic E-state index is 0.190. The van der Waals surface area contributed by atoms with E-state index in [1.807, 2.05) is 12.1 Å². The van der Waals surface area contributed by atoms with Crippen LogP contribution in [0, 0.1) is 0 Å². The molecule has 1 aliphatic carbocycles. The molecule has 0 aromatic heterocycles. The quantitative estimate of drug-likeness (QED) is 0.833. The molecule has 0 amide bonds. The van der Waals surface area contributed by atoms with Crippen LogP contribution in [0.15, 0.2) is 23.1 Å². The Morgan fingerprint density at radius 3 is 2.65 bits per heavy atom. The lowest BCUT2D eigenvalue weighted by Gasteiger charge is -2.31. The summed E-state index contributed by atoms with van der Waals surface area (Å²) in [5, 5.41) is 0. The lowest BCUT2D eigenvalue weighted by Crippen LogP contribution is -2.38. The summed E-state index contributed by atoms with van der Waals surface area (Å²) in [5.41, 5.74) is 0.819. The first-order valence-corrected chi connectivity index (χ1v) is 10.1. The molecule has 0 radical (unpaired) electrons. The van der Waals surface area contributed by atoms with Crippen molar-refractivity contribution in [2.45, 2.75) is 56.0 Å².